The molecule has 0 spiro atoms. The van der Waals surface area contributed by atoms with Gasteiger partial charge in [-0.3, -0.25) is 4.79 Å². The molecule has 1 amide bonds. The molecule has 0 N–H and O–H groups in total. The Balaban J connectivity index is 1.66. The van der Waals surface area contributed by atoms with Crippen LogP contribution in [0.2, 0.25) is 5.02 Å². The van der Waals surface area contributed by atoms with Crippen LogP contribution in [0, 0.1) is 0 Å². The van der Waals surface area contributed by atoms with Gasteiger partial charge in [0.2, 0.25) is 0 Å². The molecule has 1 unspecified atom stereocenters. The molecule has 1 atom stereocenters. The molecule has 4 rings (SSSR count). The lowest BCUT2D eigenvalue weighted by Crippen LogP contribution is -2.42. The second kappa shape index (κ2) is 7.82. The summed E-state index contributed by atoms with van der Waals surface area (Å²) in [6.45, 7) is 1.12. The summed E-state index contributed by atoms with van der Waals surface area (Å²) in [7, 11) is -3.35. The summed E-state index contributed by atoms with van der Waals surface area (Å²) >= 11 is 5.95. The van der Waals surface area contributed by atoms with Crippen molar-refractivity contribution in [3.8, 4) is 0 Å². The number of amides is 1. The standard InChI is InChI=1S/C21H20ClNO5S/c1-29(25,26)13-17-16-4-2-3-5-18(16)28-20(17)21(24)23-10-11-27-19(12-23)14-6-8-15(22)9-7-14/h2-9,19H,10-13H2,1H3. The maximum absolute atomic E-state index is 13.3. The zero-order valence-electron chi connectivity index (χ0n) is 15.8. The Morgan fingerprint density at radius 2 is 1.90 bits per heavy atom. The summed E-state index contributed by atoms with van der Waals surface area (Å²) in [4.78, 5) is 14.9. The van der Waals surface area contributed by atoms with Gasteiger partial charge in [0.15, 0.2) is 15.6 Å². The molecule has 0 radical (unpaired) electrons. The highest BCUT2D eigenvalue weighted by Gasteiger charge is 2.31. The maximum atomic E-state index is 13.3. The number of carbonyl (C=O) groups is 1. The van der Waals surface area contributed by atoms with E-state index in [2.05, 4.69) is 0 Å². The van der Waals surface area contributed by atoms with Crippen molar-refractivity contribution in [3.05, 3.63) is 70.4 Å². The predicted octanol–water partition coefficient (Wildman–Crippen LogP) is 3.84. The zero-order valence-corrected chi connectivity index (χ0v) is 17.4. The number of hydrogen-bond donors (Lipinski definition) is 0. The quantitative estimate of drug-likeness (QED) is 0.624. The molecule has 1 fully saturated rings. The zero-order chi connectivity index (χ0) is 20.6. The average molecular weight is 434 g/mol. The highest BCUT2D eigenvalue weighted by molar-refractivity contribution is 7.89. The van der Waals surface area contributed by atoms with Gasteiger partial charge < -0.3 is 14.1 Å². The molecule has 1 saturated heterocycles. The van der Waals surface area contributed by atoms with E-state index in [1.807, 2.05) is 12.1 Å². The summed E-state index contributed by atoms with van der Waals surface area (Å²) in [5.74, 6) is -0.508. The van der Waals surface area contributed by atoms with E-state index in [1.54, 1.807) is 41.3 Å². The fourth-order valence-electron chi connectivity index (χ4n) is 3.53. The van der Waals surface area contributed by atoms with Crippen LogP contribution in [-0.4, -0.2) is 45.2 Å². The second-order valence-corrected chi connectivity index (χ2v) is 9.71. The lowest BCUT2D eigenvalue weighted by atomic mass is 10.1. The molecule has 0 saturated carbocycles. The molecule has 1 aromatic heterocycles. The third-order valence-electron chi connectivity index (χ3n) is 4.89. The summed E-state index contributed by atoms with van der Waals surface area (Å²) in [5.41, 5.74) is 1.83. The lowest BCUT2D eigenvalue weighted by Gasteiger charge is -2.33. The van der Waals surface area contributed by atoms with Crippen molar-refractivity contribution in [3.63, 3.8) is 0 Å². The van der Waals surface area contributed by atoms with E-state index < -0.39 is 9.84 Å². The number of fused-ring (bicyclic) bond motifs is 1. The summed E-state index contributed by atoms with van der Waals surface area (Å²) in [6.07, 6.45) is 0.863. The summed E-state index contributed by atoms with van der Waals surface area (Å²) in [5, 5.41) is 1.27. The van der Waals surface area contributed by atoms with Gasteiger partial charge in [-0.1, -0.05) is 41.9 Å². The van der Waals surface area contributed by atoms with Gasteiger partial charge in [0.25, 0.3) is 5.91 Å². The Bertz CT molecular complexity index is 1150. The second-order valence-electron chi connectivity index (χ2n) is 7.14. The van der Waals surface area contributed by atoms with Crippen LogP contribution < -0.4 is 0 Å². The van der Waals surface area contributed by atoms with Crippen LogP contribution in [0.5, 0.6) is 0 Å². The van der Waals surface area contributed by atoms with Crippen molar-refractivity contribution in [2.24, 2.45) is 0 Å². The normalized spacial score (nSPS) is 17.6. The molecule has 2 aromatic carbocycles. The van der Waals surface area contributed by atoms with Gasteiger partial charge in [-0.05, 0) is 23.8 Å². The molecule has 0 bridgehead atoms. The van der Waals surface area contributed by atoms with Gasteiger partial charge in [-0.2, -0.15) is 0 Å². The number of ether oxygens (including phenoxy) is 1. The van der Waals surface area contributed by atoms with Gasteiger partial charge in [0.05, 0.1) is 18.9 Å². The van der Waals surface area contributed by atoms with Crippen molar-refractivity contribution in [1.29, 1.82) is 0 Å². The Kier molecular flexibility index (Phi) is 5.38. The molecule has 6 nitrogen and oxygen atoms in total. The van der Waals surface area contributed by atoms with Crippen molar-refractivity contribution in [1.82, 2.24) is 4.90 Å². The van der Waals surface area contributed by atoms with Crippen LogP contribution in [0.15, 0.2) is 52.9 Å². The minimum absolute atomic E-state index is 0.0772. The number of rotatable bonds is 4. The fraction of sp³-hybridized carbons (Fsp3) is 0.286. The Morgan fingerprint density at radius 1 is 1.17 bits per heavy atom. The Hall–Kier alpha value is -2.35. The molecule has 2 heterocycles. The number of hydrogen-bond acceptors (Lipinski definition) is 5. The molecular weight excluding hydrogens is 414 g/mol. The number of benzene rings is 2. The first kappa shape index (κ1) is 19.9. The number of sulfone groups is 1. The van der Waals surface area contributed by atoms with Crippen molar-refractivity contribution < 1.29 is 22.4 Å². The van der Waals surface area contributed by atoms with Gasteiger partial charge >= 0.3 is 0 Å². The molecule has 1 aliphatic heterocycles. The van der Waals surface area contributed by atoms with Gasteiger partial charge in [0, 0.05) is 28.8 Å². The third-order valence-corrected chi connectivity index (χ3v) is 5.96. The van der Waals surface area contributed by atoms with E-state index in [0.717, 1.165) is 11.8 Å². The summed E-state index contributed by atoms with van der Waals surface area (Å²) in [6, 6.07) is 14.4. The average Bonchev–Trinajstić information content (AvgIpc) is 3.05. The van der Waals surface area contributed by atoms with Crippen LogP contribution in [0.4, 0.5) is 0 Å². The van der Waals surface area contributed by atoms with Crippen molar-refractivity contribution in [2.45, 2.75) is 11.9 Å². The molecule has 1 aliphatic rings. The van der Waals surface area contributed by atoms with Crippen LogP contribution in [0.3, 0.4) is 0 Å². The van der Waals surface area contributed by atoms with Crippen LogP contribution in [0.25, 0.3) is 11.0 Å². The minimum atomic E-state index is -3.35. The first-order valence-corrected chi connectivity index (χ1v) is 11.6. The van der Waals surface area contributed by atoms with Crippen LogP contribution in [0.1, 0.15) is 27.8 Å². The number of carbonyl (C=O) groups excluding carboxylic acids is 1. The highest BCUT2D eigenvalue weighted by atomic mass is 35.5. The monoisotopic (exact) mass is 433 g/mol. The molecule has 3 aromatic rings. The number of morpholine rings is 1. The third kappa shape index (κ3) is 4.32. The first-order valence-electron chi connectivity index (χ1n) is 9.16. The van der Waals surface area contributed by atoms with Crippen LogP contribution >= 0.6 is 11.6 Å². The van der Waals surface area contributed by atoms with Gasteiger partial charge in [-0.25, -0.2) is 8.42 Å². The van der Waals surface area contributed by atoms with E-state index in [-0.39, 0.29) is 23.5 Å². The van der Waals surface area contributed by atoms with Crippen molar-refractivity contribution in [2.75, 3.05) is 26.0 Å². The number of nitrogens with zero attached hydrogens (tertiary/aromatic N) is 1. The largest absolute Gasteiger partial charge is 0.451 e. The van der Waals surface area contributed by atoms with Crippen LogP contribution in [-0.2, 0) is 20.3 Å². The topological polar surface area (TPSA) is 76.8 Å². The van der Waals surface area contributed by atoms with E-state index in [1.165, 1.54) is 0 Å². The first-order chi connectivity index (χ1) is 13.8. The Morgan fingerprint density at radius 3 is 2.62 bits per heavy atom. The molecule has 152 valence electrons. The fourth-order valence-corrected chi connectivity index (χ4v) is 4.47. The van der Waals surface area contributed by atoms with E-state index >= 15 is 0 Å². The molecule has 29 heavy (non-hydrogen) atoms. The lowest BCUT2D eigenvalue weighted by molar-refractivity contribution is -0.0237. The predicted molar refractivity (Wildman–Crippen MR) is 111 cm³/mol. The molecule has 8 heteroatoms. The highest BCUT2D eigenvalue weighted by Crippen LogP contribution is 2.30. The van der Waals surface area contributed by atoms with Gasteiger partial charge in [-0.15, -0.1) is 0 Å². The maximum Gasteiger partial charge on any atom is 0.290 e. The van der Waals surface area contributed by atoms with E-state index in [0.29, 0.717) is 41.3 Å². The SMILES string of the molecule is CS(=O)(=O)Cc1c(C(=O)N2CCOC(c3ccc(Cl)cc3)C2)oc2ccccc12. The number of para-hydroxylation sites is 1. The molecular formula is C21H20ClNO5S. The number of furan rings is 1. The van der Waals surface area contributed by atoms with E-state index in [9.17, 15) is 13.2 Å². The van der Waals surface area contributed by atoms with Gasteiger partial charge in [0.1, 0.15) is 11.7 Å². The smallest absolute Gasteiger partial charge is 0.290 e. The number of halogens is 1. The van der Waals surface area contributed by atoms with Crippen molar-refractivity contribution >= 4 is 38.3 Å². The summed E-state index contributed by atoms with van der Waals surface area (Å²) < 4.78 is 35.6. The molecule has 0 aliphatic carbocycles. The Labute approximate surface area is 173 Å². The minimum Gasteiger partial charge on any atom is -0.451 e. The van der Waals surface area contributed by atoms with E-state index in [4.69, 9.17) is 20.8 Å².